The fourth-order valence-corrected chi connectivity index (χ4v) is 6.85. The van der Waals surface area contributed by atoms with Crippen molar-refractivity contribution in [1.82, 2.24) is 29.4 Å². The maximum atomic E-state index is 13.0. The molecule has 21 heteroatoms. The SMILES string of the molecule is Cc1cccc(N)c1.NC(=O)c1nn(CC(=O)N(CC(=O)Nc2cccc(OC(F)(F)F)c2)C2CC2)c2ccccc12.NC(=O)c1nn(CC(=O)N(CC(=O)O)C2CC2)c2ccccc12. The van der Waals surface area contributed by atoms with Crippen LogP contribution in [0.1, 0.15) is 52.2 Å². The molecule has 0 spiro atoms. The van der Waals surface area contributed by atoms with Gasteiger partial charge in [-0.25, -0.2) is 0 Å². The van der Waals surface area contributed by atoms with Gasteiger partial charge in [0.25, 0.3) is 11.8 Å². The molecule has 5 amide bonds. The van der Waals surface area contributed by atoms with Crippen LogP contribution in [0.15, 0.2) is 97.1 Å². The summed E-state index contributed by atoms with van der Waals surface area (Å²) in [5.74, 6) is -4.22. The lowest BCUT2D eigenvalue weighted by Gasteiger charge is -2.22. The summed E-state index contributed by atoms with van der Waals surface area (Å²) in [4.78, 5) is 74.9. The topological polar surface area (TPSA) is 264 Å². The Kier molecular flexibility index (Phi) is 14.3. The molecule has 4 aromatic carbocycles. The number of ether oxygens (including phenoxy) is 1. The Morgan fingerprint density at radius 2 is 1.22 bits per heavy atom. The molecule has 18 nitrogen and oxygen atoms in total. The molecule has 8 rings (SSSR count). The summed E-state index contributed by atoms with van der Waals surface area (Å²) in [7, 11) is 0. The number of alkyl halides is 3. The first-order chi connectivity index (χ1) is 30.9. The molecule has 2 aliphatic carbocycles. The number of carboxylic acid groups (broad SMARTS) is 1. The number of carbonyl (C=O) groups is 6. The fraction of sp³-hybridized carbons (Fsp3) is 0.273. The fourth-order valence-electron chi connectivity index (χ4n) is 6.85. The third-order valence-corrected chi connectivity index (χ3v) is 9.98. The van der Waals surface area contributed by atoms with Crippen molar-refractivity contribution in [3.63, 3.8) is 0 Å². The number of aliphatic carboxylic acids is 1. The second kappa shape index (κ2) is 20.0. The van der Waals surface area contributed by atoms with Crippen molar-refractivity contribution in [3.8, 4) is 5.75 Å². The molecule has 2 aliphatic rings. The zero-order chi connectivity index (χ0) is 47.0. The van der Waals surface area contributed by atoms with Crippen LogP contribution >= 0.6 is 0 Å². The van der Waals surface area contributed by atoms with Crippen LogP contribution in [-0.4, -0.2) is 102 Å². The minimum absolute atomic E-state index is 0.0176. The van der Waals surface area contributed by atoms with E-state index in [1.807, 2.05) is 31.2 Å². The van der Waals surface area contributed by atoms with E-state index in [1.165, 1.54) is 36.9 Å². The van der Waals surface area contributed by atoms with Crippen LogP contribution in [-0.2, 0) is 32.3 Å². The van der Waals surface area contributed by atoms with Gasteiger partial charge in [0.1, 0.15) is 31.9 Å². The Morgan fingerprint density at radius 1 is 0.723 bits per heavy atom. The number of anilines is 2. The third kappa shape index (κ3) is 12.8. The van der Waals surface area contributed by atoms with Crippen LogP contribution in [0, 0.1) is 6.92 Å². The van der Waals surface area contributed by atoms with Crippen molar-refractivity contribution in [3.05, 3.63) is 114 Å². The number of primary amides is 2. The average molecular weight is 899 g/mol. The number of halogens is 3. The van der Waals surface area contributed by atoms with Gasteiger partial charge in [-0.2, -0.15) is 10.2 Å². The number of carboxylic acids is 1. The number of hydrogen-bond donors (Lipinski definition) is 5. The largest absolute Gasteiger partial charge is 0.573 e. The second-order valence-electron chi connectivity index (χ2n) is 15.2. The predicted molar refractivity (Wildman–Crippen MR) is 231 cm³/mol. The molecule has 2 fully saturated rings. The number of nitrogen functional groups attached to an aromatic ring is 1. The van der Waals surface area contributed by atoms with Gasteiger partial charge in [-0.05, 0) is 74.6 Å². The highest BCUT2D eigenvalue weighted by Gasteiger charge is 2.36. The van der Waals surface area contributed by atoms with Crippen LogP contribution < -0.4 is 27.3 Å². The van der Waals surface area contributed by atoms with Crippen LogP contribution in [0.5, 0.6) is 5.75 Å². The van der Waals surface area contributed by atoms with Crippen LogP contribution in [0.2, 0.25) is 0 Å². The van der Waals surface area contributed by atoms with E-state index in [1.54, 1.807) is 48.5 Å². The summed E-state index contributed by atoms with van der Waals surface area (Å²) in [6.07, 6.45) is -1.79. The van der Waals surface area contributed by atoms with Crippen LogP contribution in [0.3, 0.4) is 0 Å². The van der Waals surface area contributed by atoms with Gasteiger partial charge >= 0.3 is 12.3 Å². The molecule has 8 N–H and O–H groups in total. The highest BCUT2D eigenvalue weighted by molar-refractivity contribution is 6.05. The summed E-state index contributed by atoms with van der Waals surface area (Å²) in [5.41, 5.74) is 19.6. The van der Waals surface area contributed by atoms with Gasteiger partial charge in [-0.3, -0.25) is 38.1 Å². The Morgan fingerprint density at radius 3 is 1.65 bits per heavy atom. The lowest BCUT2D eigenvalue weighted by Crippen LogP contribution is -2.41. The molecule has 0 atom stereocenters. The summed E-state index contributed by atoms with van der Waals surface area (Å²) >= 11 is 0. The third-order valence-electron chi connectivity index (χ3n) is 9.98. The van der Waals surface area contributed by atoms with Crippen molar-refractivity contribution in [1.29, 1.82) is 0 Å². The van der Waals surface area contributed by atoms with Gasteiger partial charge in [0.05, 0.1) is 11.0 Å². The second-order valence-corrected chi connectivity index (χ2v) is 15.2. The number of nitrogens with one attached hydrogen (secondary N) is 1. The number of aromatic nitrogens is 4. The Labute approximate surface area is 368 Å². The number of hydrogen-bond acceptors (Lipinski definition) is 10. The predicted octanol–water partition coefficient (Wildman–Crippen LogP) is 4.45. The molecular formula is C44H45F3N10O8. The standard InChI is InChI=1S/C22H20F3N5O4.C15H16N4O4.C7H9N/c23-22(24,25)34-15-5-3-4-13(10-15)27-18(31)11-29(14-8-9-14)19(32)12-30-17-7-2-1-6-16(17)20(28-30)21(26)33;16-15(23)14-10-3-1-2-4-11(10)19(17-14)7-12(20)18(8-13(21)22)9-5-6-9;1-6-3-2-4-7(8)5-6/h1-7,10,14H,8-9,11-12H2,(H2,26,33)(H,27,31);1-4,9H,5-8H2,(H2,16,23)(H,21,22);2-5H,8H2,1H3. The number of nitrogens with zero attached hydrogens (tertiary/aromatic N) is 6. The molecule has 0 radical (unpaired) electrons. The van der Waals surface area contributed by atoms with Crippen molar-refractivity contribution < 1.29 is 51.8 Å². The maximum absolute atomic E-state index is 13.0. The maximum Gasteiger partial charge on any atom is 0.573 e. The number of benzene rings is 4. The van der Waals surface area contributed by atoms with Gasteiger partial charge in [0, 0.05) is 40.3 Å². The highest BCUT2D eigenvalue weighted by atomic mass is 19.4. The van der Waals surface area contributed by atoms with E-state index < -0.39 is 41.7 Å². The number of amides is 5. The molecular weight excluding hydrogens is 854 g/mol. The number of para-hydroxylation sites is 2. The van der Waals surface area contributed by atoms with Gasteiger partial charge in [-0.15, -0.1) is 13.2 Å². The highest BCUT2D eigenvalue weighted by Crippen LogP contribution is 2.30. The van der Waals surface area contributed by atoms with Crippen molar-refractivity contribution in [2.45, 2.75) is 64.1 Å². The van der Waals surface area contributed by atoms with E-state index in [0.29, 0.717) is 21.8 Å². The number of rotatable bonds is 14. The summed E-state index contributed by atoms with van der Waals surface area (Å²) in [6, 6.07) is 26.3. The number of aryl methyl sites for hydroxylation is 1. The smallest absolute Gasteiger partial charge is 0.480 e. The Balaban J connectivity index is 0.000000193. The number of nitrogens with two attached hydrogens (primary N) is 3. The van der Waals surface area contributed by atoms with E-state index in [0.717, 1.165) is 43.5 Å². The molecule has 340 valence electrons. The van der Waals surface area contributed by atoms with Crippen molar-refractivity contribution >= 4 is 68.7 Å². The summed E-state index contributed by atoms with van der Waals surface area (Å²) in [5, 5.41) is 20.8. The van der Waals surface area contributed by atoms with E-state index in [2.05, 4.69) is 20.3 Å². The average Bonchev–Trinajstić information content (AvgIpc) is 4.18. The normalized spacial score (nSPS) is 13.1. The van der Waals surface area contributed by atoms with Crippen LogP contribution in [0.4, 0.5) is 24.5 Å². The molecule has 0 saturated heterocycles. The molecule has 0 bridgehead atoms. The number of fused-ring (bicyclic) bond motifs is 2. The molecule has 2 heterocycles. The molecule has 0 unspecified atom stereocenters. The number of carbonyl (C=O) groups excluding carboxylic acids is 5. The quantitative estimate of drug-likeness (QED) is 0.0954. The van der Waals surface area contributed by atoms with E-state index >= 15 is 0 Å². The van der Waals surface area contributed by atoms with E-state index in [9.17, 15) is 41.9 Å². The van der Waals surface area contributed by atoms with E-state index in [4.69, 9.17) is 22.3 Å². The monoisotopic (exact) mass is 898 g/mol. The van der Waals surface area contributed by atoms with Crippen molar-refractivity contribution in [2.24, 2.45) is 11.5 Å². The molecule has 0 aliphatic heterocycles. The minimum Gasteiger partial charge on any atom is -0.480 e. The summed E-state index contributed by atoms with van der Waals surface area (Å²) in [6.45, 7) is 1.06. The van der Waals surface area contributed by atoms with Gasteiger partial charge in [-0.1, -0.05) is 54.6 Å². The first-order valence-electron chi connectivity index (χ1n) is 20.2. The Bertz CT molecular complexity index is 2730. The molecule has 65 heavy (non-hydrogen) atoms. The van der Waals surface area contributed by atoms with Gasteiger partial charge in [0.2, 0.25) is 17.7 Å². The van der Waals surface area contributed by atoms with Crippen molar-refractivity contribution in [2.75, 3.05) is 24.1 Å². The molecule has 2 aromatic heterocycles. The molecule has 2 saturated carbocycles. The zero-order valence-corrected chi connectivity index (χ0v) is 34.9. The van der Waals surface area contributed by atoms with Gasteiger partial charge in [0.15, 0.2) is 11.4 Å². The Hall–Kier alpha value is -7.97. The lowest BCUT2D eigenvalue weighted by molar-refractivity contribution is -0.274. The lowest BCUT2D eigenvalue weighted by atomic mass is 10.2. The zero-order valence-electron chi connectivity index (χ0n) is 34.9. The summed E-state index contributed by atoms with van der Waals surface area (Å²) < 4.78 is 43.9. The first kappa shape index (κ1) is 46.5. The molecule has 6 aromatic rings. The van der Waals surface area contributed by atoms with E-state index in [-0.39, 0.29) is 61.2 Å². The van der Waals surface area contributed by atoms with Crippen LogP contribution in [0.25, 0.3) is 21.8 Å². The minimum atomic E-state index is -4.86. The van der Waals surface area contributed by atoms with Gasteiger partial charge < -0.3 is 42.2 Å². The first-order valence-corrected chi connectivity index (χ1v) is 20.2.